The minimum absolute atomic E-state index is 0.0134. The summed E-state index contributed by atoms with van der Waals surface area (Å²) in [6.45, 7) is 3.04. The van der Waals surface area contributed by atoms with Crippen molar-refractivity contribution < 1.29 is 9.53 Å². The van der Waals surface area contributed by atoms with Gasteiger partial charge in [-0.05, 0) is 19.1 Å². The number of pyridine rings is 1. The molecule has 5 heteroatoms. The summed E-state index contributed by atoms with van der Waals surface area (Å²) in [5.41, 5.74) is 1.51. The number of carbonyl (C=O) groups is 1. The van der Waals surface area contributed by atoms with Crippen molar-refractivity contribution in [3.05, 3.63) is 42.1 Å². The number of alkyl halides is 1. The third-order valence-electron chi connectivity index (χ3n) is 3.82. The smallest absolute Gasteiger partial charge is 0.255 e. The van der Waals surface area contributed by atoms with Gasteiger partial charge in [-0.2, -0.15) is 0 Å². The fourth-order valence-electron chi connectivity index (χ4n) is 2.63. The van der Waals surface area contributed by atoms with Crippen LogP contribution in [0.25, 0.3) is 10.9 Å². The maximum Gasteiger partial charge on any atom is 0.255 e. The fraction of sp³-hybridized carbons (Fsp3) is 0.375. The number of benzene rings is 1. The van der Waals surface area contributed by atoms with E-state index in [0.29, 0.717) is 24.6 Å². The lowest BCUT2D eigenvalue weighted by molar-refractivity contribution is -0.0371. The van der Waals surface area contributed by atoms with Crippen LogP contribution in [0.15, 0.2) is 36.5 Å². The summed E-state index contributed by atoms with van der Waals surface area (Å²) in [5, 5.41) is 0.881. The molecule has 110 valence electrons. The van der Waals surface area contributed by atoms with Gasteiger partial charge >= 0.3 is 0 Å². The van der Waals surface area contributed by atoms with Gasteiger partial charge in [0.15, 0.2) is 0 Å². The molecule has 0 N–H and O–H groups in total. The molecule has 0 bridgehead atoms. The van der Waals surface area contributed by atoms with Crippen molar-refractivity contribution in [2.75, 3.05) is 19.0 Å². The highest BCUT2D eigenvalue weighted by molar-refractivity contribution is 6.18. The van der Waals surface area contributed by atoms with Crippen molar-refractivity contribution in [2.24, 2.45) is 0 Å². The normalized spacial score (nSPS) is 22.5. The van der Waals surface area contributed by atoms with Gasteiger partial charge in [0.1, 0.15) is 0 Å². The van der Waals surface area contributed by atoms with Crippen LogP contribution in [-0.4, -0.2) is 47.0 Å². The molecule has 0 aliphatic carbocycles. The molecule has 1 fully saturated rings. The molecule has 0 radical (unpaired) electrons. The van der Waals surface area contributed by atoms with Gasteiger partial charge in [-0.1, -0.05) is 18.2 Å². The number of carbonyl (C=O) groups excluding carboxylic acids is 1. The summed E-state index contributed by atoms with van der Waals surface area (Å²) in [7, 11) is 0. The number of hydrogen-bond donors (Lipinski definition) is 0. The highest BCUT2D eigenvalue weighted by Crippen LogP contribution is 2.21. The minimum Gasteiger partial charge on any atom is -0.373 e. The first-order valence-corrected chi connectivity index (χ1v) is 7.56. The average molecular weight is 305 g/mol. The summed E-state index contributed by atoms with van der Waals surface area (Å²) in [6, 6.07) is 9.51. The van der Waals surface area contributed by atoms with E-state index in [-0.39, 0.29) is 18.1 Å². The molecule has 21 heavy (non-hydrogen) atoms. The number of morpholine rings is 1. The molecule has 2 heterocycles. The predicted octanol–water partition coefficient (Wildman–Crippen LogP) is 2.70. The molecule has 2 unspecified atom stereocenters. The maximum atomic E-state index is 12.9. The van der Waals surface area contributed by atoms with Gasteiger partial charge < -0.3 is 9.64 Å². The van der Waals surface area contributed by atoms with E-state index in [0.717, 1.165) is 10.9 Å². The number of hydrogen-bond acceptors (Lipinski definition) is 3. The fourth-order valence-corrected chi connectivity index (χ4v) is 2.82. The second kappa shape index (κ2) is 6.00. The summed E-state index contributed by atoms with van der Waals surface area (Å²) < 4.78 is 5.60. The average Bonchev–Trinajstić information content (AvgIpc) is 2.54. The van der Waals surface area contributed by atoms with Crippen molar-refractivity contribution in [2.45, 2.75) is 19.1 Å². The van der Waals surface area contributed by atoms with E-state index in [1.54, 1.807) is 12.3 Å². The Morgan fingerprint density at radius 1 is 1.43 bits per heavy atom. The van der Waals surface area contributed by atoms with Crippen LogP contribution in [0.2, 0.25) is 0 Å². The van der Waals surface area contributed by atoms with Crippen LogP contribution in [0, 0.1) is 0 Å². The van der Waals surface area contributed by atoms with Gasteiger partial charge in [-0.25, -0.2) is 0 Å². The number of halogens is 1. The van der Waals surface area contributed by atoms with Crippen molar-refractivity contribution in [1.29, 1.82) is 0 Å². The van der Waals surface area contributed by atoms with Crippen LogP contribution >= 0.6 is 11.6 Å². The Morgan fingerprint density at radius 2 is 2.24 bits per heavy atom. The number of aromatic nitrogens is 1. The van der Waals surface area contributed by atoms with Gasteiger partial charge in [-0.15, -0.1) is 11.6 Å². The third kappa shape index (κ3) is 2.74. The molecule has 1 aromatic carbocycles. The van der Waals surface area contributed by atoms with Crippen molar-refractivity contribution in [1.82, 2.24) is 9.88 Å². The molecular weight excluding hydrogens is 288 g/mol. The molecule has 4 nitrogen and oxygen atoms in total. The number of fused-ring (bicyclic) bond motifs is 1. The summed E-state index contributed by atoms with van der Waals surface area (Å²) in [4.78, 5) is 19.0. The second-order valence-corrected chi connectivity index (χ2v) is 5.60. The van der Waals surface area contributed by atoms with Crippen LogP contribution in [0.4, 0.5) is 0 Å². The zero-order valence-corrected chi connectivity index (χ0v) is 12.6. The molecule has 2 aromatic rings. The van der Waals surface area contributed by atoms with Gasteiger partial charge in [0.25, 0.3) is 5.91 Å². The second-order valence-electron chi connectivity index (χ2n) is 5.29. The third-order valence-corrected chi connectivity index (χ3v) is 4.16. The maximum absolute atomic E-state index is 12.9. The lowest BCUT2D eigenvalue weighted by Gasteiger charge is -2.37. The SMILES string of the molecule is CC1COC(CCl)CN1C(=O)c1ccnc2ccccc12. The Hall–Kier alpha value is -1.65. The predicted molar refractivity (Wildman–Crippen MR) is 82.7 cm³/mol. The molecule has 1 amide bonds. The highest BCUT2D eigenvalue weighted by Gasteiger charge is 2.30. The molecule has 1 aliphatic rings. The van der Waals surface area contributed by atoms with E-state index in [1.807, 2.05) is 36.1 Å². The highest BCUT2D eigenvalue weighted by atomic mass is 35.5. The molecule has 0 spiro atoms. The Labute approximate surface area is 128 Å². The molecule has 1 aliphatic heterocycles. The molecular formula is C16H17ClN2O2. The van der Waals surface area contributed by atoms with E-state index in [4.69, 9.17) is 16.3 Å². The van der Waals surface area contributed by atoms with E-state index in [9.17, 15) is 4.79 Å². The monoisotopic (exact) mass is 304 g/mol. The first-order chi connectivity index (χ1) is 10.2. The molecule has 3 rings (SSSR count). The first kappa shape index (κ1) is 14.3. The van der Waals surface area contributed by atoms with Crippen LogP contribution in [0.3, 0.4) is 0 Å². The number of nitrogens with zero attached hydrogens (tertiary/aromatic N) is 2. The summed E-state index contributed by atoms with van der Waals surface area (Å²) in [5.74, 6) is 0.410. The van der Waals surface area contributed by atoms with Crippen LogP contribution in [0.1, 0.15) is 17.3 Å². The lowest BCUT2D eigenvalue weighted by atomic mass is 10.1. The first-order valence-electron chi connectivity index (χ1n) is 7.03. The Bertz CT molecular complexity index is 656. The molecule has 1 aromatic heterocycles. The zero-order chi connectivity index (χ0) is 14.8. The van der Waals surface area contributed by atoms with Crippen LogP contribution in [0.5, 0.6) is 0 Å². The molecule has 1 saturated heterocycles. The summed E-state index contributed by atoms with van der Waals surface area (Å²) in [6.07, 6.45) is 1.58. The number of amides is 1. The quantitative estimate of drug-likeness (QED) is 0.801. The van der Waals surface area contributed by atoms with Crippen molar-refractivity contribution >= 4 is 28.4 Å². The largest absolute Gasteiger partial charge is 0.373 e. The van der Waals surface area contributed by atoms with Gasteiger partial charge in [0.05, 0.1) is 35.7 Å². The molecule has 0 saturated carbocycles. The van der Waals surface area contributed by atoms with Crippen LogP contribution < -0.4 is 0 Å². The number of ether oxygens (including phenoxy) is 1. The minimum atomic E-state index is -0.0973. The summed E-state index contributed by atoms with van der Waals surface area (Å²) >= 11 is 5.87. The van der Waals surface area contributed by atoms with E-state index in [2.05, 4.69) is 4.98 Å². The number of para-hydroxylation sites is 1. The zero-order valence-electron chi connectivity index (χ0n) is 11.8. The van der Waals surface area contributed by atoms with Crippen molar-refractivity contribution in [3.63, 3.8) is 0 Å². The van der Waals surface area contributed by atoms with E-state index >= 15 is 0 Å². The number of rotatable bonds is 2. The van der Waals surface area contributed by atoms with Gasteiger partial charge in [-0.3, -0.25) is 9.78 Å². The van der Waals surface area contributed by atoms with Gasteiger partial charge in [0, 0.05) is 18.1 Å². The standard InChI is InChI=1S/C16H17ClN2O2/c1-11-10-21-12(8-17)9-19(11)16(20)14-6-7-18-15-5-3-2-4-13(14)15/h2-7,11-12H,8-10H2,1H3. The van der Waals surface area contributed by atoms with Gasteiger partial charge in [0.2, 0.25) is 0 Å². The molecule has 2 atom stereocenters. The Kier molecular flexibility index (Phi) is 4.08. The van der Waals surface area contributed by atoms with E-state index < -0.39 is 0 Å². The Morgan fingerprint density at radius 3 is 3.05 bits per heavy atom. The van der Waals surface area contributed by atoms with Crippen molar-refractivity contribution in [3.8, 4) is 0 Å². The Balaban J connectivity index is 1.96. The lowest BCUT2D eigenvalue weighted by Crippen LogP contribution is -2.51. The topological polar surface area (TPSA) is 42.4 Å². The van der Waals surface area contributed by atoms with Crippen LogP contribution in [-0.2, 0) is 4.74 Å². The van der Waals surface area contributed by atoms with E-state index in [1.165, 1.54) is 0 Å².